The molecule has 0 saturated heterocycles. The summed E-state index contributed by atoms with van der Waals surface area (Å²) in [6.07, 6.45) is 1.65. The summed E-state index contributed by atoms with van der Waals surface area (Å²) in [5.74, 6) is -0.112. The maximum absolute atomic E-state index is 12.9. The largest absolute Gasteiger partial charge is 0.497 e. The molecule has 4 aromatic rings. The number of hydrogen-bond acceptors (Lipinski definition) is 5. The van der Waals surface area contributed by atoms with Crippen molar-refractivity contribution in [1.82, 2.24) is 9.55 Å². The van der Waals surface area contributed by atoms with E-state index in [-0.39, 0.29) is 12.5 Å². The molecular formula is C20H17N3O4S. The number of fused-ring (bicyclic) bond motifs is 2. The Morgan fingerprint density at radius 1 is 1.18 bits per heavy atom. The second-order valence-electron chi connectivity index (χ2n) is 6.05. The van der Waals surface area contributed by atoms with Crippen LogP contribution in [0.5, 0.6) is 5.75 Å². The number of amides is 1. The number of methoxy groups -OCH3 is 2. The number of rotatable bonds is 4. The highest BCUT2D eigenvalue weighted by Crippen LogP contribution is 2.24. The summed E-state index contributed by atoms with van der Waals surface area (Å²) in [6, 6.07) is 13.0. The number of carbonyl (C=O) groups is 2. The zero-order valence-electron chi connectivity index (χ0n) is 15.3. The molecule has 4 rings (SSSR count). The van der Waals surface area contributed by atoms with Gasteiger partial charge in [-0.2, -0.15) is 4.99 Å². The fourth-order valence-corrected chi connectivity index (χ4v) is 4.06. The lowest BCUT2D eigenvalue weighted by Crippen LogP contribution is -2.22. The first kappa shape index (κ1) is 18.0. The lowest BCUT2D eigenvalue weighted by Gasteiger charge is -2.04. The summed E-state index contributed by atoms with van der Waals surface area (Å²) in [5.41, 5.74) is 2.13. The minimum atomic E-state index is -0.420. The Hall–Kier alpha value is -3.39. The fourth-order valence-electron chi connectivity index (χ4n) is 3.01. The van der Waals surface area contributed by atoms with E-state index in [9.17, 15) is 9.59 Å². The minimum Gasteiger partial charge on any atom is -0.497 e. The molecule has 0 bridgehead atoms. The lowest BCUT2D eigenvalue weighted by molar-refractivity contribution is -0.141. The third-order valence-corrected chi connectivity index (χ3v) is 5.46. The quantitative estimate of drug-likeness (QED) is 0.538. The first-order valence-electron chi connectivity index (χ1n) is 8.50. The van der Waals surface area contributed by atoms with Crippen LogP contribution in [-0.2, 0) is 16.1 Å². The summed E-state index contributed by atoms with van der Waals surface area (Å²) < 4.78 is 12.6. The number of ether oxygens (including phenoxy) is 2. The normalized spacial score (nSPS) is 11.9. The van der Waals surface area contributed by atoms with Gasteiger partial charge in [0.05, 0.1) is 30.0 Å². The number of benzene rings is 2. The predicted molar refractivity (Wildman–Crippen MR) is 107 cm³/mol. The third kappa shape index (κ3) is 3.18. The van der Waals surface area contributed by atoms with Gasteiger partial charge in [-0.25, -0.2) is 0 Å². The van der Waals surface area contributed by atoms with E-state index in [1.807, 2.05) is 36.4 Å². The van der Waals surface area contributed by atoms with Gasteiger partial charge in [-0.15, -0.1) is 0 Å². The van der Waals surface area contributed by atoms with Crippen LogP contribution in [-0.4, -0.2) is 35.6 Å². The molecule has 0 saturated carbocycles. The Labute approximate surface area is 163 Å². The molecule has 0 aliphatic heterocycles. The number of para-hydroxylation sites is 1. The average molecular weight is 395 g/mol. The van der Waals surface area contributed by atoms with E-state index in [0.717, 1.165) is 21.1 Å². The van der Waals surface area contributed by atoms with Crippen molar-refractivity contribution in [1.29, 1.82) is 0 Å². The number of H-pyrrole nitrogens is 1. The second-order valence-corrected chi connectivity index (χ2v) is 7.05. The van der Waals surface area contributed by atoms with Gasteiger partial charge >= 0.3 is 5.97 Å². The number of aromatic nitrogens is 2. The Morgan fingerprint density at radius 2 is 2.00 bits per heavy atom. The molecule has 0 atom stereocenters. The van der Waals surface area contributed by atoms with Crippen molar-refractivity contribution in [3.8, 4) is 5.75 Å². The lowest BCUT2D eigenvalue weighted by atomic mass is 10.2. The maximum atomic E-state index is 12.9. The summed E-state index contributed by atoms with van der Waals surface area (Å²) in [5, 5.41) is 0.804. The van der Waals surface area contributed by atoms with Crippen molar-refractivity contribution in [3.63, 3.8) is 0 Å². The van der Waals surface area contributed by atoms with E-state index in [0.29, 0.717) is 16.1 Å². The van der Waals surface area contributed by atoms with Crippen LogP contribution < -0.4 is 9.54 Å². The molecule has 142 valence electrons. The average Bonchev–Trinajstić information content (AvgIpc) is 3.29. The van der Waals surface area contributed by atoms with E-state index in [4.69, 9.17) is 9.47 Å². The van der Waals surface area contributed by atoms with Gasteiger partial charge in [0.1, 0.15) is 12.3 Å². The number of carbonyl (C=O) groups excluding carboxylic acids is 2. The van der Waals surface area contributed by atoms with E-state index in [2.05, 4.69) is 9.98 Å². The standard InChI is InChI=1S/C20H17N3O4S/c1-26-12-7-8-16-17(9-12)28-20(23(16)11-18(24)27-2)22-19(25)14-10-21-15-6-4-3-5-13(14)15/h3-10,21H,11H2,1-2H3. The van der Waals surface area contributed by atoms with Gasteiger partial charge in [0.15, 0.2) is 4.80 Å². The summed E-state index contributed by atoms with van der Waals surface area (Å²) >= 11 is 1.31. The number of nitrogens with one attached hydrogen (secondary N) is 1. The van der Waals surface area contributed by atoms with Crippen LogP contribution in [0.3, 0.4) is 0 Å². The highest BCUT2D eigenvalue weighted by atomic mass is 32.1. The summed E-state index contributed by atoms with van der Waals surface area (Å²) in [7, 11) is 2.91. The number of thiazole rings is 1. The molecule has 2 aromatic heterocycles. The number of aromatic amines is 1. The van der Waals surface area contributed by atoms with Crippen molar-refractivity contribution in [2.45, 2.75) is 6.54 Å². The molecule has 1 amide bonds. The summed E-state index contributed by atoms with van der Waals surface area (Å²) in [6.45, 7) is -0.0389. The molecule has 7 nitrogen and oxygen atoms in total. The summed E-state index contributed by atoms with van der Waals surface area (Å²) in [4.78, 5) is 32.6. The Bertz CT molecular complexity index is 1270. The van der Waals surface area contributed by atoms with Gasteiger partial charge in [-0.05, 0) is 24.3 Å². The molecular weight excluding hydrogens is 378 g/mol. The van der Waals surface area contributed by atoms with Crippen LogP contribution in [0.15, 0.2) is 53.7 Å². The molecule has 0 aliphatic carbocycles. The van der Waals surface area contributed by atoms with Crippen LogP contribution in [0.4, 0.5) is 0 Å². The van der Waals surface area contributed by atoms with Gasteiger partial charge < -0.3 is 19.0 Å². The maximum Gasteiger partial charge on any atom is 0.325 e. The highest BCUT2D eigenvalue weighted by Gasteiger charge is 2.15. The molecule has 28 heavy (non-hydrogen) atoms. The van der Waals surface area contributed by atoms with Crippen molar-refractivity contribution in [2.24, 2.45) is 4.99 Å². The SMILES string of the molecule is COC(=O)Cn1c(=NC(=O)c2c[nH]c3ccccc23)sc2cc(OC)ccc21. The van der Waals surface area contributed by atoms with Gasteiger partial charge in [-0.3, -0.25) is 9.59 Å². The van der Waals surface area contributed by atoms with Crippen LogP contribution >= 0.6 is 11.3 Å². The number of nitrogens with zero attached hydrogens (tertiary/aromatic N) is 2. The van der Waals surface area contributed by atoms with E-state index in [1.54, 1.807) is 23.9 Å². The predicted octanol–water partition coefficient (Wildman–Crippen LogP) is 3.11. The molecule has 8 heteroatoms. The van der Waals surface area contributed by atoms with Gasteiger partial charge in [0.25, 0.3) is 5.91 Å². The van der Waals surface area contributed by atoms with Gasteiger partial charge in [0, 0.05) is 17.1 Å². The first-order chi connectivity index (χ1) is 13.6. The molecule has 0 radical (unpaired) electrons. The highest BCUT2D eigenvalue weighted by molar-refractivity contribution is 7.16. The Balaban J connectivity index is 1.87. The molecule has 1 N–H and O–H groups in total. The second kappa shape index (κ2) is 7.32. The van der Waals surface area contributed by atoms with Crippen molar-refractivity contribution >= 4 is 44.3 Å². The van der Waals surface area contributed by atoms with Crippen molar-refractivity contribution in [3.05, 3.63) is 59.0 Å². The van der Waals surface area contributed by atoms with Crippen LogP contribution in [0.25, 0.3) is 21.1 Å². The molecule has 0 unspecified atom stereocenters. The minimum absolute atomic E-state index is 0.0389. The molecule has 2 heterocycles. The van der Waals surface area contributed by atoms with Crippen molar-refractivity contribution < 1.29 is 19.1 Å². The van der Waals surface area contributed by atoms with E-state index >= 15 is 0 Å². The Kier molecular flexibility index (Phi) is 4.70. The monoisotopic (exact) mass is 395 g/mol. The molecule has 0 aliphatic rings. The first-order valence-corrected chi connectivity index (χ1v) is 9.31. The number of esters is 1. The van der Waals surface area contributed by atoms with Crippen LogP contribution in [0, 0.1) is 0 Å². The topological polar surface area (TPSA) is 85.7 Å². The smallest absolute Gasteiger partial charge is 0.325 e. The van der Waals surface area contributed by atoms with E-state index < -0.39 is 5.97 Å². The Morgan fingerprint density at radius 3 is 2.79 bits per heavy atom. The molecule has 0 fully saturated rings. The zero-order chi connectivity index (χ0) is 19.7. The molecule has 2 aromatic carbocycles. The molecule has 0 spiro atoms. The fraction of sp³-hybridized carbons (Fsp3) is 0.150. The third-order valence-electron chi connectivity index (χ3n) is 4.42. The van der Waals surface area contributed by atoms with Crippen LogP contribution in [0.1, 0.15) is 10.4 Å². The van der Waals surface area contributed by atoms with E-state index in [1.165, 1.54) is 18.4 Å². The zero-order valence-corrected chi connectivity index (χ0v) is 16.1. The van der Waals surface area contributed by atoms with Gasteiger partial charge in [0.2, 0.25) is 0 Å². The van der Waals surface area contributed by atoms with Crippen LogP contribution in [0.2, 0.25) is 0 Å². The van der Waals surface area contributed by atoms with Gasteiger partial charge in [-0.1, -0.05) is 29.5 Å². The number of hydrogen-bond donors (Lipinski definition) is 1. The van der Waals surface area contributed by atoms with Crippen molar-refractivity contribution in [2.75, 3.05) is 14.2 Å².